The van der Waals surface area contributed by atoms with Crippen molar-refractivity contribution in [1.82, 2.24) is 4.98 Å². The van der Waals surface area contributed by atoms with Gasteiger partial charge in [0, 0.05) is 9.77 Å². The molecule has 0 atom stereocenters. The topological polar surface area (TPSA) is 50.2 Å². The molecule has 82 valence electrons. The van der Waals surface area contributed by atoms with Gasteiger partial charge in [-0.2, -0.15) is 0 Å². The third-order valence-electron chi connectivity index (χ3n) is 2.08. The van der Waals surface area contributed by atoms with E-state index in [1.54, 1.807) is 6.20 Å². The zero-order chi connectivity index (χ0) is 11.4. The largest absolute Gasteiger partial charge is 0.478 e. The lowest BCUT2D eigenvalue weighted by atomic mass is 10.0. The predicted molar refractivity (Wildman–Crippen MR) is 67.5 cm³/mol. The predicted octanol–water partition coefficient (Wildman–Crippen LogP) is 3.38. The van der Waals surface area contributed by atoms with Gasteiger partial charge in [0.05, 0.1) is 0 Å². The maximum atomic E-state index is 11.0. The number of aromatic nitrogens is 1. The van der Waals surface area contributed by atoms with Crippen LogP contribution in [0.25, 0.3) is 0 Å². The summed E-state index contributed by atoms with van der Waals surface area (Å²) < 4.78 is 0.864. The summed E-state index contributed by atoms with van der Waals surface area (Å²) in [5, 5.41) is 9.12. The molecular formula is C10H11ClINO2. The van der Waals surface area contributed by atoms with E-state index >= 15 is 0 Å². The number of aromatic carboxylic acids is 1. The highest BCUT2D eigenvalue weighted by atomic mass is 127. The van der Waals surface area contributed by atoms with Crippen molar-refractivity contribution in [1.29, 1.82) is 0 Å². The molecule has 0 saturated heterocycles. The summed E-state index contributed by atoms with van der Waals surface area (Å²) in [6, 6.07) is 0. The third kappa shape index (κ3) is 3.04. The van der Waals surface area contributed by atoms with Crippen molar-refractivity contribution >= 4 is 40.2 Å². The first-order valence-electron chi connectivity index (χ1n) is 4.64. The highest BCUT2D eigenvalue weighted by Gasteiger charge is 2.17. The zero-order valence-corrected chi connectivity index (χ0v) is 11.2. The molecule has 0 bridgehead atoms. The van der Waals surface area contributed by atoms with E-state index in [4.69, 9.17) is 16.7 Å². The summed E-state index contributed by atoms with van der Waals surface area (Å²) in [5.41, 5.74) is 0.946. The fraction of sp³-hybridized carbons (Fsp3) is 0.400. The molecule has 0 spiro atoms. The van der Waals surface area contributed by atoms with E-state index in [9.17, 15) is 4.79 Å². The molecule has 0 aliphatic rings. The molecule has 0 aliphatic heterocycles. The second kappa shape index (κ2) is 5.65. The first kappa shape index (κ1) is 12.7. The van der Waals surface area contributed by atoms with E-state index in [1.165, 1.54) is 0 Å². The molecule has 5 heteroatoms. The lowest BCUT2D eigenvalue weighted by molar-refractivity contribution is 0.0695. The van der Waals surface area contributed by atoms with Gasteiger partial charge >= 0.3 is 5.97 Å². The molecule has 15 heavy (non-hydrogen) atoms. The highest BCUT2D eigenvalue weighted by molar-refractivity contribution is 14.1. The Morgan fingerprint density at radius 3 is 2.87 bits per heavy atom. The fourth-order valence-electron chi connectivity index (χ4n) is 1.32. The number of unbranched alkanes of at least 4 members (excludes halogenated alkanes) is 1. The first-order chi connectivity index (χ1) is 7.07. The lowest BCUT2D eigenvalue weighted by Crippen LogP contribution is -2.07. The minimum absolute atomic E-state index is 0.0778. The van der Waals surface area contributed by atoms with Crippen molar-refractivity contribution in [2.45, 2.75) is 26.2 Å². The van der Waals surface area contributed by atoms with E-state index in [1.807, 2.05) is 0 Å². The third-order valence-corrected chi connectivity index (χ3v) is 3.30. The van der Waals surface area contributed by atoms with Gasteiger partial charge in [-0.3, -0.25) is 0 Å². The highest BCUT2D eigenvalue weighted by Crippen LogP contribution is 2.24. The number of pyridine rings is 1. The smallest absolute Gasteiger partial charge is 0.339 e. The Morgan fingerprint density at radius 1 is 1.67 bits per heavy atom. The van der Waals surface area contributed by atoms with Crippen LogP contribution >= 0.6 is 34.2 Å². The first-order valence-corrected chi connectivity index (χ1v) is 6.09. The average molecular weight is 340 g/mol. The SMILES string of the molecule is CCCCc1c(I)cnc(Cl)c1C(=O)O. The second-order valence-corrected chi connectivity index (χ2v) is 4.68. The molecule has 1 N–H and O–H groups in total. The van der Waals surface area contributed by atoms with Crippen LogP contribution in [0.15, 0.2) is 6.20 Å². The fourth-order valence-corrected chi connectivity index (χ4v) is 2.24. The van der Waals surface area contributed by atoms with E-state index in [2.05, 4.69) is 34.5 Å². The Kier molecular flexibility index (Phi) is 4.79. The molecule has 1 aromatic rings. The molecule has 3 nitrogen and oxygen atoms in total. The Labute approximate surface area is 107 Å². The quantitative estimate of drug-likeness (QED) is 0.676. The van der Waals surface area contributed by atoms with Crippen molar-refractivity contribution in [3.05, 3.63) is 26.0 Å². The van der Waals surface area contributed by atoms with Gasteiger partial charge in [-0.1, -0.05) is 24.9 Å². The van der Waals surface area contributed by atoms with Gasteiger partial charge < -0.3 is 5.11 Å². The van der Waals surface area contributed by atoms with Crippen LogP contribution < -0.4 is 0 Å². The number of hydrogen-bond acceptors (Lipinski definition) is 2. The summed E-state index contributed by atoms with van der Waals surface area (Å²) in [6.07, 6.45) is 4.32. The molecule has 0 amide bonds. The molecule has 0 aromatic carbocycles. The number of carboxylic acid groups (broad SMARTS) is 1. The van der Waals surface area contributed by atoms with Crippen LogP contribution in [0.5, 0.6) is 0 Å². The van der Waals surface area contributed by atoms with Crippen LogP contribution in [0.2, 0.25) is 5.15 Å². The lowest BCUT2D eigenvalue weighted by Gasteiger charge is -2.08. The van der Waals surface area contributed by atoms with Gasteiger partial charge in [0.15, 0.2) is 0 Å². The monoisotopic (exact) mass is 339 g/mol. The maximum Gasteiger partial charge on any atom is 0.339 e. The Hall–Kier alpha value is -0.360. The summed E-state index contributed by atoms with van der Waals surface area (Å²) in [7, 11) is 0. The van der Waals surface area contributed by atoms with Crippen LogP contribution in [0, 0.1) is 3.57 Å². The van der Waals surface area contributed by atoms with Gasteiger partial charge in [-0.05, 0) is 41.0 Å². The molecule has 0 radical (unpaired) electrons. The van der Waals surface area contributed by atoms with E-state index < -0.39 is 5.97 Å². The average Bonchev–Trinajstić information content (AvgIpc) is 2.18. The molecule has 0 unspecified atom stereocenters. The minimum atomic E-state index is -1.00. The van der Waals surface area contributed by atoms with Gasteiger partial charge in [0.1, 0.15) is 10.7 Å². The molecule has 0 fully saturated rings. The van der Waals surface area contributed by atoms with Crippen molar-refractivity contribution < 1.29 is 9.90 Å². The number of nitrogens with zero attached hydrogens (tertiary/aromatic N) is 1. The molecule has 0 saturated carbocycles. The zero-order valence-electron chi connectivity index (χ0n) is 8.26. The van der Waals surface area contributed by atoms with Crippen LogP contribution in [0.4, 0.5) is 0 Å². The Morgan fingerprint density at radius 2 is 2.33 bits per heavy atom. The summed E-state index contributed by atoms with van der Waals surface area (Å²) in [4.78, 5) is 14.9. The second-order valence-electron chi connectivity index (χ2n) is 3.16. The number of rotatable bonds is 4. The number of carbonyl (C=O) groups is 1. The summed E-state index contributed by atoms with van der Waals surface area (Å²) >= 11 is 7.87. The van der Waals surface area contributed by atoms with Crippen LogP contribution in [0.3, 0.4) is 0 Å². The Bertz CT molecular complexity index is 382. The number of hydrogen-bond donors (Lipinski definition) is 1. The molecular weight excluding hydrogens is 328 g/mol. The number of carboxylic acids is 1. The van der Waals surface area contributed by atoms with Gasteiger partial charge in [-0.15, -0.1) is 0 Å². The van der Waals surface area contributed by atoms with Crippen molar-refractivity contribution in [2.75, 3.05) is 0 Å². The normalized spacial score (nSPS) is 10.3. The van der Waals surface area contributed by atoms with E-state index in [0.29, 0.717) is 0 Å². The standard InChI is InChI=1S/C10H11ClINO2/c1-2-3-4-6-7(12)5-13-9(11)8(6)10(14)15/h5H,2-4H2,1H3,(H,14,15). The van der Waals surface area contributed by atoms with Crippen molar-refractivity contribution in [3.8, 4) is 0 Å². The van der Waals surface area contributed by atoms with Gasteiger partial charge in [0.25, 0.3) is 0 Å². The minimum Gasteiger partial charge on any atom is -0.478 e. The maximum absolute atomic E-state index is 11.0. The van der Waals surface area contributed by atoms with Crippen LogP contribution in [-0.4, -0.2) is 16.1 Å². The molecule has 1 aromatic heterocycles. The molecule has 1 rings (SSSR count). The summed E-state index contributed by atoms with van der Waals surface area (Å²) in [6.45, 7) is 2.07. The van der Waals surface area contributed by atoms with Crippen LogP contribution in [-0.2, 0) is 6.42 Å². The molecule has 0 aliphatic carbocycles. The van der Waals surface area contributed by atoms with Crippen LogP contribution in [0.1, 0.15) is 35.7 Å². The van der Waals surface area contributed by atoms with Gasteiger partial charge in [-0.25, -0.2) is 9.78 Å². The van der Waals surface area contributed by atoms with Crippen molar-refractivity contribution in [2.24, 2.45) is 0 Å². The van der Waals surface area contributed by atoms with Crippen molar-refractivity contribution in [3.63, 3.8) is 0 Å². The van der Waals surface area contributed by atoms with E-state index in [0.717, 1.165) is 28.4 Å². The summed E-state index contributed by atoms with van der Waals surface area (Å²) in [5.74, 6) is -1.00. The Balaban J connectivity index is 3.19. The number of halogens is 2. The molecule has 1 heterocycles. The van der Waals surface area contributed by atoms with E-state index in [-0.39, 0.29) is 10.7 Å². The van der Waals surface area contributed by atoms with Gasteiger partial charge in [0.2, 0.25) is 0 Å².